The molecule has 1 saturated carbocycles. The van der Waals surface area contributed by atoms with Crippen LogP contribution in [0.1, 0.15) is 57.8 Å². The number of hydrogen-bond acceptors (Lipinski definition) is 0. The van der Waals surface area contributed by atoms with E-state index in [9.17, 15) is 0 Å². The smallest absolute Gasteiger partial charge is 0.329 e. The average molecular weight is 254 g/mol. The zero-order chi connectivity index (χ0) is 8.49. The predicted octanol–water partition coefficient (Wildman–Crippen LogP) is 4.12. The summed E-state index contributed by atoms with van der Waals surface area (Å²) in [4.78, 5) is 0. The van der Waals surface area contributed by atoms with Crippen LogP contribution in [0.4, 0.5) is 0 Å². The maximum Gasteiger partial charge on any atom is 3.00 e. The molecule has 0 aliphatic heterocycles. The standard InChI is InChI=1S/C12H21.Y/c1-2-4-6-8-10-12-11-9-7-5-3-1;/h1,8-9H,2-7,10-12H2;/q-3;+3. The zero-order valence-corrected chi connectivity index (χ0v) is 11.5. The predicted molar refractivity (Wildman–Crippen MR) is 54.5 cm³/mol. The van der Waals surface area contributed by atoms with Crippen molar-refractivity contribution in [1.82, 2.24) is 0 Å². The van der Waals surface area contributed by atoms with Gasteiger partial charge in [-0.05, 0) is 0 Å². The van der Waals surface area contributed by atoms with E-state index in [1.54, 1.807) is 0 Å². The molecule has 1 rings (SSSR count). The van der Waals surface area contributed by atoms with Gasteiger partial charge in [0.2, 0.25) is 0 Å². The Bertz CT molecular complexity index is 48.1. The summed E-state index contributed by atoms with van der Waals surface area (Å²) in [5.41, 5.74) is 0. The van der Waals surface area contributed by atoms with Gasteiger partial charge in [0.15, 0.2) is 0 Å². The molecule has 1 fully saturated rings. The third-order valence-electron chi connectivity index (χ3n) is 2.45. The van der Waals surface area contributed by atoms with Crippen molar-refractivity contribution in [3.63, 3.8) is 0 Å². The monoisotopic (exact) mass is 254 g/mol. The van der Waals surface area contributed by atoms with Crippen molar-refractivity contribution < 1.29 is 32.7 Å². The molecule has 0 spiro atoms. The number of hydrogen-bond donors (Lipinski definition) is 0. The van der Waals surface area contributed by atoms with Crippen molar-refractivity contribution in [1.29, 1.82) is 0 Å². The van der Waals surface area contributed by atoms with Gasteiger partial charge in [0.05, 0.1) is 0 Å². The first-order valence-electron chi connectivity index (χ1n) is 5.45. The van der Waals surface area contributed by atoms with Crippen LogP contribution in [0.5, 0.6) is 0 Å². The fraction of sp³-hybridized carbons (Fsp3) is 0.750. The minimum Gasteiger partial charge on any atom is -0.329 e. The maximum atomic E-state index is 2.46. The van der Waals surface area contributed by atoms with E-state index in [0.29, 0.717) is 0 Å². The third kappa shape index (κ3) is 9.41. The van der Waals surface area contributed by atoms with Crippen LogP contribution in [0, 0.1) is 19.3 Å². The van der Waals surface area contributed by atoms with E-state index in [4.69, 9.17) is 0 Å². The van der Waals surface area contributed by atoms with E-state index in [1.165, 1.54) is 57.8 Å². The Balaban J connectivity index is 0.00000144. The van der Waals surface area contributed by atoms with E-state index >= 15 is 0 Å². The molecule has 0 aromatic rings. The Hall–Kier alpha value is 1.10. The first-order valence-corrected chi connectivity index (χ1v) is 5.45. The molecule has 0 bridgehead atoms. The topological polar surface area (TPSA) is 0 Å². The van der Waals surface area contributed by atoms with Crippen LogP contribution in [0.15, 0.2) is 0 Å². The van der Waals surface area contributed by atoms with Crippen molar-refractivity contribution in [3.05, 3.63) is 19.3 Å². The van der Waals surface area contributed by atoms with Gasteiger partial charge in [-0.2, -0.15) is 38.5 Å². The molecule has 0 radical (unpaired) electrons. The Labute approximate surface area is 109 Å². The van der Waals surface area contributed by atoms with Crippen molar-refractivity contribution in [2.45, 2.75) is 57.8 Å². The molecule has 1 aliphatic carbocycles. The summed E-state index contributed by atoms with van der Waals surface area (Å²) in [7, 11) is 0. The molecular formula is C12H21Y. The van der Waals surface area contributed by atoms with E-state index in [1.807, 2.05) is 0 Å². The first-order chi connectivity index (χ1) is 6.00. The van der Waals surface area contributed by atoms with Gasteiger partial charge in [-0.25, -0.2) is 0 Å². The van der Waals surface area contributed by atoms with Gasteiger partial charge < -0.3 is 19.3 Å². The molecule has 13 heavy (non-hydrogen) atoms. The Morgan fingerprint density at radius 1 is 0.462 bits per heavy atom. The molecular weight excluding hydrogens is 233 g/mol. The fourth-order valence-electron chi connectivity index (χ4n) is 1.65. The Morgan fingerprint density at radius 2 is 0.692 bits per heavy atom. The van der Waals surface area contributed by atoms with Crippen molar-refractivity contribution in [2.75, 3.05) is 0 Å². The quantitative estimate of drug-likeness (QED) is 0.570. The second-order valence-corrected chi connectivity index (χ2v) is 3.66. The molecule has 0 aromatic heterocycles. The molecule has 0 nitrogen and oxygen atoms in total. The summed E-state index contributed by atoms with van der Waals surface area (Å²) in [5.74, 6) is 0. The van der Waals surface area contributed by atoms with Crippen molar-refractivity contribution >= 4 is 0 Å². The van der Waals surface area contributed by atoms with Crippen LogP contribution in [0.3, 0.4) is 0 Å². The fourth-order valence-corrected chi connectivity index (χ4v) is 1.65. The normalized spacial score (nSPS) is 22.2. The molecule has 72 valence electrons. The molecule has 0 heterocycles. The van der Waals surface area contributed by atoms with Crippen LogP contribution >= 0.6 is 0 Å². The van der Waals surface area contributed by atoms with Gasteiger partial charge >= 0.3 is 32.7 Å². The molecule has 1 heteroatoms. The van der Waals surface area contributed by atoms with Gasteiger partial charge in [-0.1, -0.05) is 0 Å². The second kappa shape index (κ2) is 11.2. The summed E-state index contributed by atoms with van der Waals surface area (Å²) in [6.07, 6.45) is 19.5. The summed E-state index contributed by atoms with van der Waals surface area (Å²) < 4.78 is 0. The molecule has 0 amide bonds. The van der Waals surface area contributed by atoms with Crippen LogP contribution in [0.2, 0.25) is 0 Å². The molecule has 0 N–H and O–H groups in total. The zero-order valence-electron chi connectivity index (χ0n) is 8.67. The van der Waals surface area contributed by atoms with Gasteiger partial charge in [0.1, 0.15) is 0 Å². The van der Waals surface area contributed by atoms with Crippen molar-refractivity contribution in [3.8, 4) is 0 Å². The van der Waals surface area contributed by atoms with Gasteiger partial charge in [-0.15, -0.1) is 19.3 Å². The maximum absolute atomic E-state index is 2.46. The molecule has 1 aliphatic rings. The third-order valence-corrected chi connectivity index (χ3v) is 2.45. The largest absolute Gasteiger partial charge is 3.00 e. The minimum absolute atomic E-state index is 0. The van der Waals surface area contributed by atoms with E-state index in [0.717, 1.165) is 0 Å². The molecule has 0 saturated heterocycles. The molecule has 0 unspecified atom stereocenters. The van der Waals surface area contributed by atoms with Crippen LogP contribution in [-0.4, -0.2) is 0 Å². The summed E-state index contributed by atoms with van der Waals surface area (Å²) in [6.45, 7) is 0. The number of rotatable bonds is 0. The molecule has 0 atom stereocenters. The Morgan fingerprint density at radius 3 is 0.923 bits per heavy atom. The summed E-state index contributed by atoms with van der Waals surface area (Å²) >= 11 is 0. The average Bonchev–Trinajstić information content (AvgIpc) is 2.05. The molecule has 0 aromatic carbocycles. The van der Waals surface area contributed by atoms with E-state index in [2.05, 4.69) is 19.3 Å². The summed E-state index contributed by atoms with van der Waals surface area (Å²) in [6, 6.07) is 0. The Kier molecular flexibility index (Phi) is 12.1. The first kappa shape index (κ1) is 14.1. The van der Waals surface area contributed by atoms with Crippen LogP contribution in [0.25, 0.3) is 0 Å². The van der Waals surface area contributed by atoms with Crippen LogP contribution < -0.4 is 0 Å². The van der Waals surface area contributed by atoms with Gasteiger partial charge in [0, 0.05) is 0 Å². The minimum atomic E-state index is 0. The van der Waals surface area contributed by atoms with Crippen LogP contribution in [-0.2, 0) is 32.7 Å². The van der Waals surface area contributed by atoms with E-state index < -0.39 is 0 Å². The SMILES string of the molecule is [CH-]1CCC[CH-]CCC[CH-]CCC1.[Y+3]. The van der Waals surface area contributed by atoms with Gasteiger partial charge in [-0.3, -0.25) is 0 Å². The van der Waals surface area contributed by atoms with E-state index in [-0.39, 0.29) is 32.7 Å². The second-order valence-electron chi connectivity index (χ2n) is 3.66. The summed E-state index contributed by atoms with van der Waals surface area (Å²) in [5, 5.41) is 0. The van der Waals surface area contributed by atoms with Crippen molar-refractivity contribution in [2.24, 2.45) is 0 Å². The van der Waals surface area contributed by atoms with Gasteiger partial charge in [0.25, 0.3) is 0 Å².